The number of aliphatic hydroxyl groups is 1. The van der Waals surface area contributed by atoms with Gasteiger partial charge in [-0.25, -0.2) is 8.78 Å². The summed E-state index contributed by atoms with van der Waals surface area (Å²) < 4.78 is 24.4. The third-order valence-electron chi connectivity index (χ3n) is 3.49. The molecule has 0 bridgehead atoms. The standard InChI is InChI=1S/C11H17F2NO3/c1-6(2)11(3)4-8(16)14(10(11)17)5-7(15)9(12)13/h6-7,9,15H,4-5H2,1-3H3. The van der Waals surface area contributed by atoms with Gasteiger partial charge in [-0.1, -0.05) is 13.8 Å². The second-order valence-corrected chi connectivity index (χ2v) is 4.96. The van der Waals surface area contributed by atoms with E-state index in [4.69, 9.17) is 5.11 Å². The zero-order valence-corrected chi connectivity index (χ0v) is 10.1. The lowest BCUT2D eigenvalue weighted by Gasteiger charge is -2.26. The zero-order chi connectivity index (χ0) is 13.4. The molecule has 1 aliphatic heterocycles. The van der Waals surface area contributed by atoms with Crippen LogP contribution in [0.15, 0.2) is 0 Å². The first-order valence-electron chi connectivity index (χ1n) is 5.51. The number of aliphatic hydroxyl groups excluding tert-OH is 1. The quantitative estimate of drug-likeness (QED) is 0.757. The van der Waals surface area contributed by atoms with E-state index in [1.54, 1.807) is 20.8 Å². The summed E-state index contributed by atoms with van der Waals surface area (Å²) in [5.74, 6) is -1.03. The fraction of sp³-hybridized carbons (Fsp3) is 0.818. The van der Waals surface area contributed by atoms with Crippen LogP contribution in [0.3, 0.4) is 0 Å². The van der Waals surface area contributed by atoms with E-state index in [2.05, 4.69) is 0 Å². The van der Waals surface area contributed by atoms with Gasteiger partial charge in [0.25, 0.3) is 6.43 Å². The molecule has 0 aliphatic carbocycles. The fourth-order valence-corrected chi connectivity index (χ4v) is 1.81. The minimum Gasteiger partial charge on any atom is -0.385 e. The molecule has 0 radical (unpaired) electrons. The number of hydrogen-bond acceptors (Lipinski definition) is 3. The molecule has 6 heteroatoms. The van der Waals surface area contributed by atoms with E-state index in [0.29, 0.717) is 0 Å². The van der Waals surface area contributed by atoms with Crippen LogP contribution in [0.4, 0.5) is 8.78 Å². The SMILES string of the molecule is CC(C)C1(C)CC(=O)N(CC(O)C(F)F)C1=O. The van der Waals surface area contributed by atoms with Crippen LogP contribution in [0.1, 0.15) is 27.2 Å². The van der Waals surface area contributed by atoms with Crippen LogP contribution in [0.2, 0.25) is 0 Å². The zero-order valence-electron chi connectivity index (χ0n) is 10.1. The molecular formula is C11H17F2NO3. The number of β-amino-alcohol motifs (C(OH)–C–C–N with tert-alkyl or cyclic N) is 1. The van der Waals surface area contributed by atoms with Crippen molar-refractivity contribution >= 4 is 11.8 Å². The van der Waals surface area contributed by atoms with Crippen molar-refractivity contribution < 1.29 is 23.5 Å². The van der Waals surface area contributed by atoms with Gasteiger partial charge in [0.05, 0.1) is 12.0 Å². The minimum atomic E-state index is -2.96. The fourth-order valence-electron chi connectivity index (χ4n) is 1.81. The average Bonchev–Trinajstić information content (AvgIpc) is 2.43. The largest absolute Gasteiger partial charge is 0.385 e. The Morgan fingerprint density at radius 2 is 1.94 bits per heavy atom. The van der Waals surface area contributed by atoms with Gasteiger partial charge in [-0.2, -0.15) is 0 Å². The van der Waals surface area contributed by atoms with Crippen LogP contribution < -0.4 is 0 Å². The highest BCUT2D eigenvalue weighted by Crippen LogP contribution is 2.39. The molecule has 1 fully saturated rings. The molecule has 17 heavy (non-hydrogen) atoms. The first kappa shape index (κ1) is 14.0. The monoisotopic (exact) mass is 249 g/mol. The molecular weight excluding hydrogens is 232 g/mol. The maximum Gasteiger partial charge on any atom is 0.265 e. The highest BCUT2D eigenvalue weighted by molar-refractivity contribution is 6.05. The van der Waals surface area contributed by atoms with Crippen molar-refractivity contribution in [2.75, 3.05) is 6.54 Å². The molecule has 0 spiro atoms. The Bertz CT molecular complexity index is 333. The van der Waals surface area contributed by atoms with Crippen LogP contribution in [-0.2, 0) is 9.59 Å². The second kappa shape index (κ2) is 4.68. The maximum atomic E-state index is 12.2. The van der Waals surface area contributed by atoms with Crippen molar-refractivity contribution in [2.24, 2.45) is 11.3 Å². The maximum absolute atomic E-state index is 12.2. The molecule has 1 N–H and O–H groups in total. The van der Waals surface area contributed by atoms with Crippen LogP contribution >= 0.6 is 0 Å². The molecule has 1 aliphatic rings. The van der Waals surface area contributed by atoms with E-state index in [1.807, 2.05) is 0 Å². The first-order valence-corrected chi connectivity index (χ1v) is 5.51. The van der Waals surface area contributed by atoms with Gasteiger partial charge < -0.3 is 5.11 Å². The summed E-state index contributed by atoms with van der Waals surface area (Å²) in [4.78, 5) is 24.3. The Kier molecular flexibility index (Phi) is 3.86. The number of amides is 2. The highest BCUT2D eigenvalue weighted by Gasteiger charge is 2.50. The van der Waals surface area contributed by atoms with E-state index >= 15 is 0 Å². The second-order valence-electron chi connectivity index (χ2n) is 4.96. The molecule has 0 aromatic rings. The molecule has 1 rings (SSSR count). The van der Waals surface area contributed by atoms with Gasteiger partial charge in [0.2, 0.25) is 11.8 Å². The summed E-state index contributed by atoms with van der Waals surface area (Å²) in [5.41, 5.74) is -0.848. The number of hydrogen-bond donors (Lipinski definition) is 1. The average molecular weight is 249 g/mol. The minimum absolute atomic E-state index is 0.0134. The van der Waals surface area contributed by atoms with E-state index in [9.17, 15) is 18.4 Å². The first-order chi connectivity index (χ1) is 7.70. The summed E-state index contributed by atoms with van der Waals surface area (Å²) >= 11 is 0. The molecule has 2 amide bonds. The van der Waals surface area contributed by atoms with Crippen molar-refractivity contribution in [3.05, 3.63) is 0 Å². The molecule has 0 saturated carbocycles. The molecule has 0 aromatic carbocycles. The summed E-state index contributed by atoms with van der Waals surface area (Å²) in [6, 6.07) is 0. The number of nitrogens with zero attached hydrogens (tertiary/aromatic N) is 1. The van der Waals surface area contributed by atoms with Crippen molar-refractivity contribution in [1.82, 2.24) is 4.90 Å². The van der Waals surface area contributed by atoms with Gasteiger partial charge in [-0.15, -0.1) is 0 Å². The normalized spacial score (nSPS) is 27.4. The lowest BCUT2D eigenvalue weighted by molar-refractivity contribution is -0.145. The van der Waals surface area contributed by atoms with Crippen LogP contribution in [0, 0.1) is 11.3 Å². The van der Waals surface area contributed by atoms with Gasteiger partial charge in [-0.3, -0.25) is 14.5 Å². The number of imide groups is 1. The smallest absolute Gasteiger partial charge is 0.265 e. The Labute approximate surface area is 98.6 Å². The lowest BCUT2D eigenvalue weighted by atomic mass is 9.78. The van der Waals surface area contributed by atoms with E-state index in [-0.39, 0.29) is 12.3 Å². The number of halogens is 2. The number of rotatable bonds is 4. The molecule has 98 valence electrons. The van der Waals surface area contributed by atoms with E-state index in [0.717, 1.165) is 4.90 Å². The van der Waals surface area contributed by atoms with Crippen molar-refractivity contribution in [3.63, 3.8) is 0 Å². The predicted molar refractivity (Wildman–Crippen MR) is 56.3 cm³/mol. The summed E-state index contributed by atoms with van der Waals surface area (Å²) in [5, 5.41) is 9.04. The van der Waals surface area contributed by atoms with Gasteiger partial charge in [-0.05, 0) is 12.8 Å². The topological polar surface area (TPSA) is 57.6 Å². The van der Waals surface area contributed by atoms with Crippen molar-refractivity contribution in [3.8, 4) is 0 Å². The molecule has 2 unspecified atom stereocenters. The van der Waals surface area contributed by atoms with Crippen LogP contribution in [0.25, 0.3) is 0 Å². The molecule has 1 heterocycles. The van der Waals surface area contributed by atoms with Crippen LogP contribution in [-0.4, -0.2) is 40.9 Å². The Morgan fingerprint density at radius 3 is 2.29 bits per heavy atom. The summed E-state index contributed by atoms with van der Waals surface area (Å²) in [6.45, 7) is 4.63. The molecule has 2 atom stereocenters. The van der Waals surface area contributed by atoms with Gasteiger partial charge in [0.15, 0.2) is 0 Å². The molecule has 4 nitrogen and oxygen atoms in total. The summed E-state index contributed by atoms with van der Waals surface area (Å²) in [6.07, 6.45) is -4.92. The summed E-state index contributed by atoms with van der Waals surface area (Å²) in [7, 11) is 0. The Morgan fingerprint density at radius 1 is 1.41 bits per heavy atom. The highest BCUT2D eigenvalue weighted by atomic mass is 19.3. The Balaban J connectivity index is 2.83. The third-order valence-corrected chi connectivity index (χ3v) is 3.49. The number of carbonyl (C=O) groups is 2. The van der Waals surface area contributed by atoms with Crippen molar-refractivity contribution in [1.29, 1.82) is 0 Å². The van der Waals surface area contributed by atoms with Crippen LogP contribution in [0.5, 0.6) is 0 Å². The Hall–Kier alpha value is -1.04. The van der Waals surface area contributed by atoms with Gasteiger partial charge in [0, 0.05) is 6.42 Å². The van der Waals surface area contributed by atoms with E-state index in [1.165, 1.54) is 0 Å². The van der Waals surface area contributed by atoms with E-state index < -0.39 is 36.3 Å². The molecule has 0 aromatic heterocycles. The predicted octanol–water partition coefficient (Wildman–Crippen LogP) is 1.03. The molecule has 1 saturated heterocycles. The van der Waals surface area contributed by atoms with Gasteiger partial charge >= 0.3 is 0 Å². The van der Waals surface area contributed by atoms with Crippen molar-refractivity contribution in [2.45, 2.75) is 39.7 Å². The number of likely N-dealkylation sites (tertiary alicyclic amines) is 1. The number of alkyl halides is 2. The lowest BCUT2D eigenvalue weighted by Crippen LogP contribution is -2.42. The van der Waals surface area contributed by atoms with Gasteiger partial charge in [0.1, 0.15) is 6.10 Å². The number of carbonyl (C=O) groups excluding carboxylic acids is 2. The third kappa shape index (κ3) is 2.46.